The van der Waals surface area contributed by atoms with Crippen molar-refractivity contribution in [1.29, 1.82) is 0 Å². The van der Waals surface area contributed by atoms with Gasteiger partial charge in [-0.05, 0) is 67.3 Å². The van der Waals surface area contributed by atoms with E-state index in [4.69, 9.17) is 23.7 Å². The van der Waals surface area contributed by atoms with Gasteiger partial charge in [-0.2, -0.15) is 0 Å². The van der Waals surface area contributed by atoms with Crippen molar-refractivity contribution >= 4 is 11.9 Å². The van der Waals surface area contributed by atoms with Gasteiger partial charge < -0.3 is 23.7 Å². The molecular formula is C33H36O6. The van der Waals surface area contributed by atoms with E-state index in [1.807, 2.05) is 50.3 Å². The summed E-state index contributed by atoms with van der Waals surface area (Å²) in [5.74, 6) is 2.61. The molecule has 6 heteroatoms. The second-order valence-electron chi connectivity index (χ2n) is 9.81. The van der Waals surface area contributed by atoms with E-state index in [0.717, 1.165) is 28.7 Å². The van der Waals surface area contributed by atoms with Gasteiger partial charge in [0, 0.05) is 5.92 Å². The van der Waals surface area contributed by atoms with E-state index in [9.17, 15) is 4.79 Å². The lowest BCUT2D eigenvalue weighted by Crippen LogP contribution is -2.25. The molecule has 4 rings (SSSR count). The molecule has 2 unspecified atom stereocenters. The number of methoxy groups -OCH3 is 3. The van der Waals surface area contributed by atoms with Gasteiger partial charge in [0.05, 0.1) is 21.3 Å². The molecule has 204 valence electrons. The minimum atomic E-state index is -0.214. The van der Waals surface area contributed by atoms with Crippen LogP contribution in [0.2, 0.25) is 0 Å². The molecule has 1 aliphatic rings. The summed E-state index contributed by atoms with van der Waals surface area (Å²) in [6.07, 6.45) is 5.86. The summed E-state index contributed by atoms with van der Waals surface area (Å²) < 4.78 is 29.0. The molecule has 0 aliphatic carbocycles. The van der Waals surface area contributed by atoms with E-state index in [1.165, 1.54) is 6.08 Å². The fraction of sp³-hybridized carbons (Fsp3) is 0.303. The molecular weight excluding hydrogens is 492 g/mol. The zero-order valence-electron chi connectivity index (χ0n) is 23.4. The number of hydrogen-bond acceptors (Lipinski definition) is 6. The van der Waals surface area contributed by atoms with E-state index in [2.05, 4.69) is 19.1 Å². The number of hydrogen-bond donors (Lipinski definition) is 0. The molecule has 0 spiro atoms. The van der Waals surface area contributed by atoms with Crippen molar-refractivity contribution in [2.24, 2.45) is 5.92 Å². The Morgan fingerprint density at radius 3 is 2.26 bits per heavy atom. The zero-order valence-corrected chi connectivity index (χ0v) is 23.4. The lowest BCUT2D eigenvalue weighted by atomic mass is 9.86. The third-order valence-electron chi connectivity index (χ3n) is 6.72. The monoisotopic (exact) mass is 528 g/mol. The van der Waals surface area contributed by atoms with Crippen LogP contribution in [0.5, 0.6) is 28.7 Å². The fourth-order valence-corrected chi connectivity index (χ4v) is 4.74. The molecule has 39 heavy (non-hydrogen) atoms. The average molecular weight is 529 g/mol. The SMILES string of the molecule is COc1cc(C=CC(=O)c2c(OCC=C(C)C)ccc3c2OC(c2ccccc2)C(C)C3)cc(OC)c1OC. The first-order valence-corrected chi connectivity index (χ1v) is 13.0. The van der Waals surface area contributed by atoms with Crippen molar-refractivity contribution in [2.45, 2.75) is 33.3 Å². The van der Waals surface area contributed by atoms with Crippen LogP contribution in [0.3, 0.4) is 0 Å². The second kappa shape index (κ2) is 12.6. The standard InChI is InChI=1S/C33H36O6/c1-21(2)16-17-38-27-15-13-25-18-22(3)31(24-10-8-7-9-11-24)39-32(25)30(27)26(34)14-12-23-19-28(35-4)33(37-6)29(20-23)36-5/h7-16,19-20,22,31H,17-18H2,1-6H3. The van der Waals surface area contributed by atoms with Gasteiger partial charge in [-0.1, -0.05) is 55.0 Å². The van der Waals surface area contributed by atoms with Crippen molar-refractivity contribution in [2.75, 3.05) is 27.9 Å². The summed E-state index contributed by atoms with van der Waals surface area (Å²) in [4.78, 5) is 13.8. The largest absolute Gasteiger partial charge is 0.493 e. The first-order chi connectivity index (χ1) is 18.9. The number of carbonyl (C=O) groups is 1. The Balaban J connectivity index is 1.75. The first kappa shape index (κ1) is 27.8. The summed E-state index contributed by atoms with van der Waals surface area (Å²) in [6, 6.07) is 17.6. The average Bonchev–Trinajstić information content (AvgIpc) is 2.95. The van der Waals surface area contributed by atoms with Crippen LogP contribution in [0.25, 0.3) is 6.08 Å². The zero-order chi connectivity index (χ0) is 27.9. The van der Waals surface area contributed by atoms with Gasteiger partial charge in [0.2, 0.25) is 5.75 Å². The lowest BCUT2D eigenvalue weighted by Gasteiger charge is -2.33. The molecule has 0 bridgehead atoms. The molecule has 0 fully saturated rings. The van der Waals surface area contributed by atoms with Crippen LogP contribution in [-0.2, 0) is 6.42 Å². The summed E-state index contributed by atoms with van der Waals surface area (Å²) >= 11 is 0. The molecule has 0 saturated carbocycles. The van der Waals surface area contributed by atoms with E-state index >= 15 is 0 Å². The highest BCUT2D eigenvalue weighted by molar-refractivity contribution is 6.11. The predicted molar refractivity (Wildman–Crippen MR) is 154 cm³/mol. The van der Waals surface area contributed by atoms with Gasteiger partial charge in [0.25, 0.3) is 0 Å². The second-order valence-corrected chi connectivity index (χ2v) is 9.81. The Labute approximate surface area is 230 Å². The van der Waals surface area contributed by atoms with E-state index in [-0.39, 0.29) is 17.8 Å². The molecule has 0 saturated heterocycles. The van der Waals surface area contributed by atoms with Crippen LogP contribution in [-0.4, -0.2) is 33.7 Å². The Kier molecular flexibility index (Phi) is 8.97. The number of allylic oxidation sites excluding steroid dienone is 2. The molecule has 1 heterocycles. The Hall–Kier alpha value is -4.19. The summed E-state index contributed by atoms with van der Waals surface area (Å²) in [6.45, 7) is 6.55. The minimum absolute atomic E-state index is 0.169. The smallest absolute Gasteiger partial charge is 0.203 e. The topological polar surface area (TPSA) is 63.2 Å². The minimum Gasteiger partial charge on any atom is -0.493 e. The van der Waals surface area contributed by atoms with Gasteiger partial charge in [0.1, 0.15) is 29.8 Å². The number of benzene rings is 3. The molecule has 1 aliphatic heterocycles. The highest BCUT2D eigenvalue weighted by atomic mass is 16.5. The van der Waals surface area contributed by atoms with Crippen LogP contribution in [0, 0.1) is 5.92 Å². The van der Waals surface area contributed by atoms with E-state index < -0.39 is 0 Å². The Morgan fingerprint density at radius 1 is 0.949 bits per heavy atom. The molecule has 6 nitrogen and oxygen atoms in total. The van der Waals surface area contributed by atoms with Crippen molar-refractivity contribution in [3.05, 3.63) is 94.6 Å². The third kappa shape index (κ3) is 6.28. The van der Waals surface area contributed by atoms with Crippen molar-refractivity contribution in [3.63, 3.8) is 0 Å². The lowest BCUT2D eigenvalue weighted by molar-refractivity contribution is 0.100. The van der Waals surface area contributed by atoms with Crippen LogP contribution in [0.1, 0.15) is 53.9 Å². The van der Waals surface area contributed by atoms with Gasteiger partial charge in [-0.25, -0.2) is 0 Å². The predicted octanol–water partition coefficient (Wildman–Crippen LogP) is 7.27. The molecule has 0 aromatic heterocycles. The van der Waals surface area contributed by atoms with Gasteiger partial charge >= 0.3 is 0 Å². The summed E-state index contributed by atoms with van der Waals surface area (Å²) in [5, 5.41) is 0. The maximum absolute atomic E-state index is 13.8. The molecule has 3 aromatic rings. The molecule has 3 aromatic carbocycles. The van der Waals surface area contributed by atoms with Crippen molar-refractivity contribution in [1.82, 2.24) is 0 Å². The Morgan fingerprint density at radius 2 is 1.64 bits per heavy atom. The quantitative estimate of drug-likeness (QED) is 0.157. The first-order valence-electron chi connectivity index (χ1n) is 13.0. The summed E-state index contributed by atoms with van der Waals surface area (Å²) in [7, 11) is 4.67. The molecule has 0 N–H and O–H groups in total. The molecule has 0 amide bonds. The number of rotatable bonds is 10. The fourth-order valence-electron chi connectivity index (χ4n) is 4.74. The number of ketones is 1. The van der Waals surface area contributed by atoms with Crippen LogP contribution in [0.4, 0.5) is 0 Å². The van der Waals surface area contributed by atoms with Gasteiger partial charge in [0.15, 0.2) is 17.3 Å². The highest BCUT2D eigenvalue weighted by Crippen LogP contribution is 2.44. The maximum Gasteiger partial charge on any atom is 0.203 e. The number of fused-ring (bicyclic) bond motifs is 1. The van der Waals surface area contributed by atoms with Crippen LogP contribution >= 0.6 is 0 Å². The van der Waals surface area contributed by atoms with Crippen LogP contribution in [0.15, 0.2) is 72.3 Å². The highest BCUT2D eigenvalue weighted by Gasteiger charge is 2.32. The number of ether oxygens (including phenoxy) is 5. The van der Waals surface area contributed by atoms with Crippen molar-refractivity contribution in [3.8, 4) is 28.7 Å². The van der Waals surface area contributed by atoms with Crippen molar-refractivity contribution < 1.29 is 28.5 Å². The van der Waals surface area contributed by atoms with Gasteiger partial charge in [-0.15, -0.1) is 0 Å². The Bertz CT molecular complexity index is 1340. The third-order valence-corrected chi connectivity index (χ3v) is 6.72. The molecule has 0 radical (unpaired) electrons. The van der Waals surface area contributed by atoms with E-state index in [1.54, 1.807) is 39.5 Å². The molecule has 2 atom stereocenters. The van der Waals surface area contributed by atoms with Crippen LogP contribution < -0.4 is 23.7 Å². The van der Waals surface area contributed by atoms with Gasteiger partial charge in [-0.3, -0.25) is 4.79 Å². The van der Waals surface area contributed by atoms with E-state index in [0.29, 0.717) is 40.9 Å². The number of carbonyl (C=O) groups excluding carboxylic acids is 1. The normalized spacial score (nSPS) is 16.2. The summed E-state index contributed by atoms with van der Waals surface area (Å²) in [5.41, 5.74) is 4.36. The maximum atomic E-state index is 13.8.